The number of halogens is 1. The first-order valence-electron chi connectivity index (χ1n) is 8.17. The van der Waals surface area contributed by atoms with Crippen LogP contribution in [0.3, 0.4) is 0 Å². The third kappa shape index (κ3) is 4.39. The van der Waals surface area contributed by atoms with Crippen molar-refractivity contribution in [3.63, 3.8) is 0 Å². The first kappa shape index (κ1) is 19.2. The Hall–Kier alpha value is -1.57. The van der Waals surface area contributed by atoms with E-state index in [0.717, 1.165) is 10.6 Å². The second-order valence-corrected chi connectivity index (χ2v) is 9.37. The van der Waals surface area contributed by atoms with Crippen molar-refractivity contribution in [3.8, 4) is 10.6 Å². The molecular weight excluding hydrogens is 390 g/mol. The third-order valence-corrected chi connectivity index (χ3v) is 5.91. The number of rotatable bonds is 3. The van der Waals surface area contributed by atoms with Crippen LogP contribution < -0.4 is 5.32 Å². The van der Waals surface area contributed by atoms with Crippen LogP contribution in [0.5, 0.6) is 0 Å². The van der Waals surface area contributed by atoms with Crippen molar-refractivity contribution < 1.29 is 9.59 Å². The summed E-state index contributed by atoms with van der Waals surface area (Å²) in [7, 11) is 0. The standard InChI is InChI=1S/C18H20ClN3O2S2/c1-18(2,3)21-15(23)14-9-25-10-22(14)17(24)13-8-26-16(20-13)11-4-6-12(19)7-5-11/h4-8,14H,9-10H2,1-3H3,(H,21,23). The molecule has 0 radical (unpaired) electrons. The van der Waals surface area contributed by atoms with Gasteiger partial charge in [-0.1, -0.05) is 23.7 Å². The van der Waals surface area contributed by atoms with Crippen LogP contribution in [0.25, 0.3) is 10.6 Å². The average molecular weight is 410 g/mol. The van der Waals surface area contributed by atoms with Crippen LogP contribution in [0.4, 0.5) is 0 Å². The number of benzene rings is 1. The van der Waals surface area contributed by atoms with Crippen molar-refractivity contribution in [2.24, 2.45) is 0 Å². The number of nitrogens with zero attached hydrogens (tertiary/aromatic N) is 2. The molecule has 1 aliphatic rings. The number of nitrogens with one attached hydrogen (secondary N) is 1. The molecule has 1 aliphatic heterocycles. The number of aromatic nitrogens is 1. The highest BCUT2D eigenvalue weighted by Gasteiger charge is 2.37. The van der Waals surface area contributed by atoms with E-state index in [1.165, 1.54) is 11.3 Å². The van der Waals surface area contributed by atoms with Gasteiger partial charge in [0, 0.05) is 27.3 Å². The van der Waals surface area contributed by atoms with Crippen LogP contribution in [-0.2, 0) is 4.79 Å². The number of amides is 2. The summed E-state index contributed by atoms with van der Waals surface area (Å²) in [4.78, 5) is 31.5. The monoisotopic (exact) mass is 409 g/mol. The SMILES string of the molecule is CC(C)(C)NC(=O)C1CSCN1C(=O)c1csc(-c2ccc(Cl)cc2)n1. The van der Waals surface area contributed by atoms with Gasteiger partial charge in [0.2, 0.25) is 5.91 Å². The second kappa shape index (κ2) is 7.58. The van der Waals surface area contributed by atoms with E-state index in [9.17, 15) is 9.59 Å². The van der Waals surface area contributed by atoms with Gasteiger partial charge in [-0.3, -0.25) is 9.59 Å². The highest BCUT2D eigenvalue weighted by atomic mass is 35.5. The number of carbonyl (C=O) groups is 2. The van der Waals surface area contributed by atoms with E-state index in [0.29, 0.717) is 22.3 Å². The first-order valence-corrected chi connectivity index (χ1v) is 10.6. The molecule has 1 aromatic carbocycles. The number of hydrogen-bond acceptors (Lipinski definition) is 5. The van der Waals surface area contributed by atoms with Gasteiger partial charge >= 0.3 is 0 Å². The van der Waals surface area contributed by atoms with E-state index in [1.807, 2.05) is 32.9 Å². The highest BCUT2D eigenvalue weighted by Crippen LogP contribution is 2.28. The van der Waals surface area contributed by atoms with Crippen LogP contribution in [0, 0.1) is 0 Å². The zero-order valence-electron chi connectivity index (χ0n) is 14.8. The second-order valence-electron chi connectivity index (χ2n) is 7.07. The summed E-state index contributed by atoms with van der Waals surface area (Å²) < 4.78 is 0. The summed E-state index contributed by atoms with van der Waals surface area (Å²) >= 11 is 8.90. The molecule has 2 heterocycles. The molecule has 0 aliphatic carbocycles. The van der Waals surface area contributed by atoms with Gasteiger partial charge in [0.15, 0.2) is 0 Å². The van der Waals surface area contributed by atoms with Gasteiger partial charge in [-0.05, 0) is 32.9 Å². The molecule has 26 heavy (non-hydrogen) atoms. The molecular formula is C18H20ClN3O2S2. The average Bonchev–Trinajstić information content (AvgIpc) is 3.23. The van der Waals surface area contributed by atoms with Crippen molar-refractivity contribution in [2.45, 2.75) is 32.4 Å². The van der Waals surface area contributed by atoms with Crippen LogP contribution in [0.1, 0.15) is 31.3 Å². The summed E-state index contributed by atoms with van der Waals surface area (Å²) in [5.74, 6) is 0.765. The van der Waals surface area contributed by atoms with Gasteiger partial charge < -0.3 is 10.2 Å². The lowest BCUT2D eigenvalue weighted by Crippen LogP contribution is -2.52. The fourth-order valence-corrected chi connectivity index (χ4v) is 4.64. The molecule has 0 spiro atoms. The lowest BCUT2D eigenvalue weighted by molar-refractivity contribution is -0.125. The van der Waals surface area contributed by atoms with Gasteiger partial charge in [0.1, 0.15) is 16.7 Å². The summed E-state index contributed by atoms with van der Waals surface area (Å²) in [5.41, 5.74) is 0.953. The van der Waals surface area contributed by atoms with Crippen molar-refractivity contribution in [1.82, 2.24) is 15.2 Å². The first-order chi connectivity index (χ1) is 12.2. The number of carbonyl (C=O) groups excluding carboxylic acids is 2. The molecule has 2 amide bonds. The van der Waals surface area contributed by atoms with E-state index in [-0.39, 0.29) is 17.4 Å². The quantitative estimate of drug-likeness (QED) is 0.835. The zero-order valence-corrected chi connectivity index (χ0v) is 17.2. The Bertz CT molecular complexity index is 815. The zero-order chi connectivity index (χ0) is 18.9. The van der Waals surface area contributed by atoms with Crippen LogP contribution >= 0.6 is 34.7 Å². The molecule has 138 valence electrons. The largest absolute Gasteiger partial charge is 0.350 e. The van der Waals surface area contributed by atoms with Crippen LogP contribution in [0.15, 0.2) is 29.6 Å². The lowest BCUT2D eigenvalue weighted by Gasteiger charge is -2.27. The number of hydrogen-bond donors (Lipinski definition) is 1. The fourth-order valence-electron chi connectivity index (χ4n) is 2.56. The molecule has 1 aromatic heterocycles. The molecule has 3 rings (SSSR count). The van der Waals surface area contributed by atoms with Crippen LogP contribution in [-0.4, -0.2) is 44.9 Å². The van der Waals surface area contributed by atoms with Crippen molar-refractivity contribution >= 4 is 46.5 Å². The van der Waals surface area contributed by atoms with E-state index < -0.39 is 6.04 Å². The van der Waals surface area contributed by atoms with Crippen molar-refractivity contribution in [2.75, 3.05) is 11.6 Å². The fraction of sp³-hybridized carbons (Fsp3) is 0.389. The molecule has 2 aromatic rings. The Morgan fingerprint density at radius 1 is 1.27 bits per heavy atom. The van der Waals surface area contributed by atoms with Gasteiger partial charge in [-0.15, -0.1) is 23.1 Å². The maximum atomic E-state index is 12.9. The van der Waals surface area contributed by atoms with Gasteiger partial charge in [0.25, 0.3) is 5.91 Å². The molecule has 1 unspecified atom stereocenters. The Balaban J connectivity index is 1.76. The summed E-state index contributed by atoms with van der Waals surface area (Å²) in [6, 6.07) is 6.88. The Kier molecular flexibility index (Phi) is 5.60. The highest BCUT2D eigenvalue weighted by molar-refractivity contribution is 7.99. The van der Waals surface area contributed by atoms with Crippen molar-refractivity contribution in [1.29, 1.82) is 0 Å². The Morgan fingerprint density at radius 3 is 2.62 bits per heavy atom. The maximum absolute atomic E-state index is 12.9. The van der Waals surface area contributed by atoms with E-state index in [1.54, 1.807) is 34.2 Å². The Labute approximate surface area is 166 Å². The van der Waals surface area contributed by atoms with E-state index in [2.05, 4.69) is 10.3 Å². The molecule has 1 N–H and O–H groups in total. The topological polar surface area (TPSA) is 62.3 Å². The predicted molar refractivity (Wildman–Crippen MR) is 108 cm³/mol. The summed E-state index contributed by atoms with van der Waals surface area (Å²) in [5, 5.41) is 6.11. The maximum Gasteiger partial charge on any atom is 0.274 e. The molecule has 0 bridgehead atoms. The van der Waals surface area contributed by atoms with Gasteiger partial charge in [0.05, 0.1) is 5.88 Å². The van der Waals surface area contributed by atoms with Crippen LogP contribution in [0.2, 0.25) is 5.02 Å². The molecule has 0 saturated carbocycles. The molecule has 1 saturated heterocycles. The lowest BCUT2D eigenvalue weighted by atomic mass is 10.1. The minimum Gasteiger partial charge on any atom is -0.350 e. The minimum atomic E-state index is -0.465. The molecule has 8 heteroatoms. The third-order valence-electron chi connectivity index (χ3n) is 3.76. The smallest absolute Gasteiger partial charge is 0.274 e. The summed E-state index contributed by atoms with van der Waals surface area (Å²) in [6.45, 7) is 5.79. The van der Waals surface area contributed by atoms with Gasteiger partial charge in [-0.25, -0.2) is 4.98 Å². The van der Waals surface area contributed by atoms with Gasteiger partial charge in [-0.2, -0.15) is 0 Å². The number of thiazole rings is 1. The predicted octanol–water partition coefficient (Wildman–Crippen LogP) is 3.89. The number of thioether (sulfide) groups is 1. The van der Waals surface area contributed by atoms with Crippen molar-refractivity contribution in [3.05, 3.63) is 40.4 Å². The summed E-state index contributed by atoms with van der Waals surface area (Å²) in [6.07, 6.45) is 0. The minimum absolute atomic E-state index is 0.121. The molecule has 1 atom stereocenters. The normalized spacial score (nSPS) is 17.4. The van der Waals surface area contributed by atoms with E-state index in [4.69, 9.17) is 11.6 Å². The van der Waals surface area contributed by atoms with E-state index >= 15 is 0 Å². The Morgan fingerprint density at radius 2 is 1.96 bits per heavy atom. The molecule has 1 fully saturated rings. The molecule has 5 nitrogen and oxygen atoms in total.